The normalized spacial score (nSPS) is 17.5. The summed E-state index contributed by atoms with van der Waals surface area (Å²) in [4.78, 5) is 0. The maximum absolute atomic E-state index is 13.1. The van der Waals surface area contributed by atoms with Gasteiger partial charge >= 0.3 is 0 Å². The van der Waals surface area contributed by atoms with Crippen molar-refractivity contribution < 1.29 is 8.78 Å². The van der Waals surface area contributed by atoms with Crippen LogP contribution in [0.3, 0.4) is 0 Å². The average molecular weight is 254 g/mol. The second-order valence-electron chi connectivity index (χ2n) is 5.03. The zero-order chi connectivity index (χ0) is 13.0. The smallest absolute Gasteiger partial charge is 0.126 e. The molecule has 1 aromatic carbocycles. The maximum Gasteiger partial charge on any atom is 0.126 e. The molecule has 100 valence electrons. The zero-order valence-corrected chi connectivity index (χ0v) is 10.5. The van der Waals surface area contributed by atoms with Gasteiger partial charge in [-0.25, -0.2) is 8.78 Å². The highest BCUT2D eigenvalue weighted by Crippen LogP contribution is 2.29. The highest BCUT2D eigenvalue weighted by atomic mass is 19.1. The van der Waals surface area contributed by atoms with Crippen LogP contribution in [0.4, 0.5) is 8.78 Å². The summed E-state index contributed by atoms with van der Waals surface area (Å²) in [7, 11) is 0. The highest BCUT2D eigenvalue weighted by molar-refractivity contribution is 5.21. The Morgan fingerprint density at radius 1 is 1.22 bits per heavy atom. The molecule has 0 spiro atoms. The predicted octanol–water partition coefficient (Wildman–Crippen LogP) is 2.74. The van der Waals surface area contributed by atoms with E-state index in [-0.39, 0.29) is 6.04 Å². The zero-order valence-electron chi connectivity index (χ0n) is 10.5. The molecular weight excluding hydrogens is 234 g/mol. The molecule has 0 aliphatic heterocycles. The fraction of sp³-hybridized carbons (Fsp3) is 0.571. The van der Waals surface area contributed by atoms with Gasteiger partial charge < -0.3 is 11.1 Å². The van der Waals surface area contributed by atoms with E-state index in [2.05, 4.69) is 5.32 Å². The number of nitrogens with one attached hydrogen (secondary N) is 1. The lowest BCUT2D eigenvalue weighted by Crippen LogP contribution is -2.30. The van der Waals surface area contributed by atoms with Crippen molar-refractivity contribution in [3.8, 4) is 0 Å². The van der Waals surface area contributed by atoms with Crippen molar-refractivity contribution in [2.75, 3.05) is 13.1 Å². The minimum Gasteiger partial charge on any atom is -0.329 e. The average Bonchev–Trinajstić information content (AvgIpc) is 2.25. The van der Waals surface area contributed by atoms with Gasteiger partial charge in [0.15, 0.2) is 0 Å². The number of rotatable bonds is 6. The lowest BCUT2D eigenvalue weighted by molar-refractivity contribution is 0.287. The van der Waals surface area contributed by atoms with E-state index in [1.807, 2.05) is 0 Å². The molecule has 3 N–H and O–H groups in total. The van der Waals surface area contributed by atoms with Crippen molar-refractivity contribution in [1.82, 2.24) is 5.32 Å². The molecule has 0 saturated heterocycles. The summed E-state index contributed by atoms with van der Waals surface area (Å²) >= 11 is 0. The van der Waals surface area contributed by atoms with E-state index in [1.165, 1.54) is 31.4 Å². The van der Waals surface area contributed by atoms with Crippen LogP contribution in [-0.2, 0) is 0 Å². The van der Waals surface area contributed by atoms with Gasteiger partial charge in [0.2, 0.25) is 0 Å². The van der Waals surface area contributed by atoms with Gasteiger partial charge in [0, 0.05) is 18.7 Å². The van der Waals surface area contributed by atoms with E-state index in [4.69, 9.17) is 5.73 Å². The molecule has 1 atom stereocenters. The SMILES string of the molecule is NCC(NCCC1CCC1)c1cc(F)cc(F)c1. The first-order chi connectivity index (χ1) is 8.69. The highest BCUT2D eigenvalue weighted by Gasteiger charge is 2.18. The van der Waals surface area contributed by atoms with Crippen LogP contribution in [0.1, 0.15) is 37.3 Å². The number of benzene rings is 1. The molecule has 2 rings (SSSR count). The van der Waals surface area contributed by atoms with Crippen LogP contribution in [-0.4, -0.2) is 13.1 Å². The molecule has 1 saturated carbocycles. The maximum atomic E-state index is 13.1. The standard InChI is InChI=1S/C14H20F2N2/c15-12-6-11(7-13(16)8-12)14(9-17)18-5-4-10-2-1-3-10/h6-8,10,14,18H,1-5,9,17H2. The summed E-state index contributed by atoms with van der Waals surface area (Å²) in [6.45, 7) is 1.19. The molecule has 0 bridgehead atoms. The Hall–Kier alpha value is -1.00. The Morgan fingerprint density at radius 2 is 1.89 bits per heavy atom. The van der Waals surface area contributed by atoms with Crippen molar-refractivity contribution in [1.29, 1.82) is 0 Å². The molecule has 0 amide bonds. The van der Waals surface area contributed by atoms with E-state index >= 15 is 0 Å². The molecule has 4 heteroatoms. The van der Waals surface area contributed by atoms with E-state index in [0.29, 0.717) is 12.1 Å². The van der Waals surface area contributed by atoms with E-state index < -0.39 is 11.6 Å². The Kier molecular flexibility index (Phi) is 4.66. The molecule has 1 aliphatic carbocycles. The summed E-state index contributed by atoms with van der Waals surface area (Å²) in [6.07, 6.45) is 5.07. The van der Waals surface area contributed by atoms with Gasteiger partial charge in [-0.2, -0.15) is 0 Å². The molecule has 1 unspecified atom stereocenters. The van der Waals surface area contributed by atoms with Crippen molar-refractivity contribution in [2.45, 2.75) is 31.7 Å². The Bertz CT molecular complexity index is 371. The Balaban J connectivity index is 1.89. The van der Waals surface area contributed by atoms with Crippen LogP contribution in [0.5, 0.6) is 0 Å². The third-order valence-corrected chi connectivity index (χ3v) is 3.69. The predicted molar refractivity (Wildman–Crippen MR) is 68.1 cm³/mol. The van der Waals surface area contributed by atoms with Gasteiger partial charge in [-0.05, 0) is 36.6 Å². The fourth-order valence-electron chi connectivity index (χ4n) is 2.36. The second kappa shape index (κ2) is 6.25. The van der Waals surface area contributed by atoms with Crippen LogP contribution in [0.2, 0.25) is 0 Å². The minimum atomic E-state index is -0.552. The molecule has 0 heterocycles. The number of nitrogens with two attached hydrogens (primary N) is 1. The topological polar surface area (TPSA) is 38.0 Å². The number of hydrogen-bond donors (Lipinski definition) is 2. The summed E-state index contributed by atoms with van der Waals surface area (Å²) in [5, 5.41) is 3.28. The van der Waals surface area contributed by atoms with Gasteiger partial charge in [-0.1, -0.05) is 19.3 Å². The summed E-state index contributed by atoms with van der Waals surface area (Å²) in [5.74, 6) is -0.284. The fourth-order valence-corrected chi connectivity index (χ4v) is 2.36. The first-order valence-electron chi connectivity index (χ1n) is 6.58. The Morgan fingerprint density at radius 3 is 2.39 bits per heavy atom. The molecule has 1 fully saturated rings. The van der Waals surface area contributed by atoms with Crippen LogP contribution >= 0.6 is 0 Å². The molecule has 18 heavy (non-hydrogen) atoms. The van der Waals surface area contributed by atoms with Crippen molar-refractivity contribution >= 4 is 0 Å². The quantitative estimate of drug-likeness (QED) is 0.819. The van der Waals surface area contributed by atoms with Crippen LogP contribution in [0.15, 0.2) is 18.2 Å². The Labute approximate surface area is 107 Å². The van der Waals surface area contributed by atoms with E-state index in [0.717, 1.165) is 24.9 Å². The lowest BCUT2D eigenvalue weighted by atomic mass is 9.83. The van der Waals surface area contributed by atoms with Crippen LogP contribution < -0.4 is 11.1 Å². The van der Waals surface area contributed by atoms with Gasteiger partial charge in [-0.3, -0.25) is 0 Å². The number of hydrogen-bond acceptors (Lipinski definition) is 2. The van der Waals surface area contributed by atoms with E-state index in [1.54, 1.807) is 0 Å². The summed E-state index contributed by atoms with van der Waals surface area (Å²) in [6, 6.07) is 3.40. The van der Waals surface area contributed by atoms with Gasteiger partial charge in [0.05, 0.1) is 0 Å². The van der Waals surface area contributed by atoms with Crippen molar-refractivity contribution in [2.24, 2.45) is 11.7 Å². The third-order valence-electron chi connectivity index (χ3n) is 3.69. The van der Waals surface area contributed by atoms with E-state index in [9.17, 15) is 8.78 Å². The molecule has 0 aromatic heterocycles. The summed E-state index contributed by atoms with van der Waals surface area (Å²) in [5.41, 5.74) is 6.25. The summed E-state index contributed by atoms with van der Waals surface area (Å²) < 4.78 is 26.3. The first kappa shape index (κ1) is 13.4. The van der Waals surface area contributed by atoms with Crippen molar-refractivity contribution in [3.05, 3.63) is 35.4 Å². The first-order valence-corrected chi connectivity index (χ1v) is 6.58. The van der Waals surface area contributed by atoms with Gasteiger partial charge in [0.25, 0.3) is 0 Å². The second-order valence-corrected chi connectivity index (χ2v) is 5.03. The molecule has 0 radical (unpaired) electrons. The van der Waals surface area contributed by atoms with Gasteiger partial charge in [0.1, 0.15) is 11.6 Å². The van der Waals surface area contributed by atoms with Gasteiger partial charge in [-0.15, -0.1) is 0 Å². The van der Waals surface area contributed by atoms with Crippen LogP contribution in [0, 0.1) is 17.6 Å². The third kappa shape index (κ3) is 3.50. The largest absolute Gasteiger partial charge is 0.329 e. The molecule has 1 aliphatic rings. The monoisotopic (exact) mass is 254 g/mol. The number of halogens is 2. The minimum absolute atomic E-state index is 0.171. The van der Waals surface area contributed by atoms with Crippen molar-refractivity contribution in [3.63, 3.8) is 0 Å². The lowest BCUT2D eigenvalue weighted by Gasteiger charge is -2.26. The molecular formula is C14H20F2N2. The molecule has 2 nitrogen and oxygen atoms in total. The molecule has 1 aromatic rings. The van der Waals surface area contributed by atoms with Crippen LogP contribution in [0.25, 0.3) is 0 Å².